The van der Waals surface area contributed by atoms with Crippen molar-refractivity contribution in [1.82, 2.24) is 0 Å². The fourth-order valence-electron chi connectivity index (χ4n) is 1.85. The van der Waals surface area contributed by atoms with Crippen LogP contribution in [0.15, 0.2) is 41.3 Å². The molecule has 110 valence electrons. The molecular formula is C13H9Cl2NO4S. The Bertz CT molecular complexity index is 820. The van der Waals surface area contributed by atoms with E-state index in [0.717, 1.165) is 0 Å². The van der Waals surface area contributed by atoms with Crippen LogP contribution < -0.4 is 5.14 Å². The summed E-state index contributed by atoms with van der Waals surface area (Å²) in [6.45, 7) is 0. The molecule has 0 saturated carbocycles. The Morgan fingerprint density at radius 1 is 1.10 bits per heavy atom. The average molecular weight is 346 g/mol. The summed E-state index contributed by atoms with van der Waals surface area (Å²) >= 11 is 11.9. The fourth-order valence-corrected chi connectivity index (χ4v) is 3.75. The first kappa shape index (κ1) is 15.8. The predicted molar refractivity (Wildman–Crippen MR) is 80.2 cm³/mol. The number of carboxylic acid groups (broad SMARTS) is 1. The van der Waals surface area contributed by atoms with Crippen molar-refractivity contribution >= 4 is 39.2 Å². The minimum absolute atomic E-state index is 0.210. The summed E-state index contributed by atoms with van der Waals surface area (Å²) in [7, 11) is -4.28. The van der Waals surface area contributed by atoms with Crippen molar-refractivity contribution in [2.45, 2.75) is 4.90 Å². The summed E-state index contributed by atoms with van der Waals surface area (Å²) < 4.78 is 23.3. The van der Waals surface area contributed by atoms with Crippen molar-refractivity contribution < 1.29 is 18.3 Å². The van der Waals surface area contributed by atoms with Crippen LogP contribution in [0.2, 0.25) is 10.0 Å². The third-order valence-corrected chi connectivity index (χ3v) is 4.75. The maximum Gasteiger partial charge on any atom is 0.337 e. The highest BCUT2D eigenvalue weighted by molar-refractivity contribution is 7.89. The van der Waals surface area contributed by atoms with Crippen molar-refractivity contribution in [2.75, 3.05) is 0 Å². The van der Waals surface area contributed by atoms with Gasteiger partial charge in [-0.25, -0.2) is 18.4 Å². The number of benzene rings is 2. The molecule has 2 rings (SSSR count). The van der Waals surface area contributed by atoms with Crippen LogP contribution in [-0.4, -0.2) is 19.5 Å². The van der Waals surface area contributed by atoms with Crippen molar-refractivity contribution in [1.29, 1.82) is 0 Å². The number of rotatable bonds is 3. The fraction of sp³-hybridized carbons (Fsp3) is 0. The second kappa shape index (κ2) is 5.65. The zero-order valence-corrected chi connectivity index (χ0v) is 12.7. The summed E-state index contributed by atoms with van der Waals surface area (Å²) in [4.78, 5) is 10.6. The van der Waals surface area contributed by atoms with Gasteiger partial charge in [-0.3, -0.25) is 0 Å². The lowest BCUT2D eigenvalue weighted by Gasteiger charge is -2.13. The molecule has 2 aromatic carbocycles. The zero-order valence-electron chi connectivity index (χ0n) is 10.4. The summed E-state index contributed by atoms with van der Waals surface area (Å²) in [6, 6.07) is 9.71. The SMILES string of the molecule is NS(=O)(=O)c1c(Cl)c(C(=O)O)cc(-c2ccccc2)c1Cl. The predicted octanol–water partition coefficient (Wildman–Crippen LogP) is 3.01. The maximum atomic E-state index is 11.6. The molecule has 0 unspecified atom stereocenters. The molecule has 0 saturated heterocycles. The molecule has 0 radical (unpaired) electrons. The smallest absolute Gasteiger partial charge is 0.337 e. The van der Waals surface area contributed by atoms with Gasteiger partial charge in [-0.1, -0.05) is 53.5 Å². The Kier molecular flexibility index (Phi) is 4.25. The van der Waals surface area contributed by atoms with Crippen molar-refractivity contribution in [2.24, 2.45) is 5.14 Å². The van der Waals surface area contributed by atoms with Crippen LogP contribution in [0.25, 0.3) is 11.1 Å². The maximum absolute atomic E-state index is 11.6. The van der Waals surface area contributed by atoms with Crippen molar-refractivity contribution in [3.63, 3.8) is 0 Å². The number of hydrogen-bond acceptors (Lipinski definition) is 3. The van der Waals surface area contributed by atoms with Gasteiger partial charge < -0.3 is 5.11 Å². The Morgan fingerprint density at radius 2 is 1.67 bits per heavy atom. The topological polar surface area (TPSA) is 97.5 Å². The van der Waals surface area contributed by atoms with Gasteiger partial charge in [0.05, 0.1) is 15.6 Å². The van der Waals surface area contributed by atoms with Gasteiger partial charge in [-0.15, -0.1) is 0 Å². The van der Waals surface area contributed by atoms with Gasteiger partial charge in [0.25, 0.3) is 0 Å². The molecule has 0 aliphatic carbocycles. The first-order valence-electron chi connectivity index (χ1n) is 5.57. The van der Waals surface area contributed by atoms with E-state index in [4.69, 9.17) is 33.4 Å². The van der Waals surface area contributed by atoms with Crippen LogP contribution in [-0.2, 0) is 10.0 Å². The molecule has 0 atom stereocenters. The number of carbonyl (C=O) groups is 1. The van der Waals surface area contributed by atoms with E-state index < -0.39 is 25.9 Å². The van der Waals surface area contributed by atoms with Gasteiger partial charge in [0.1, 0.15) is 4.90 Å². The number of primary sulfonamides is 1. The lowest BCUT2D eigenvalue weighted by molar-refractivity contribution is 0.0697. The molecule has 0 aliphatic heterocycles. The van der Waals surface area contributed by atoms with Gasteiger partial charge in [0, 0.05) is 5.56 Å². The van der Waals surface area contributed by atoms with Crippen LogP contribution in [0.1, 0.15) is 10.4 Å². The van der Waals surface area contributed by atoms with E-state index in [2.05, 4.69) is 0 Å². The van der Waals surface area contributed by atoms with Gasteiger partial charge in [0.2, 0.25) is 10.0 Å². The molecule has 8 heteroatoms. The lowest BCUT2D eigenvalue weighted by Crippen LogP contribution is -2.15. The molecule has 0 heterocycles. The standard InChI is InChI=1S/C13H9Cl2NO4S/c14-10-8(7-4-2-1-3-5-7)6-9(13(17)18)11(15)12(10)21(16,19)20/h1-6H,(H,17,18)(H2,16,19,20). The Morgan fingerprint density at radius 3 is 2.14 bits per heavy atom. The van der Waals surface area contributed by atoms with E-state index >= 15 is 0 Å². The highest BCUT2D eigenvalue weighted by Gasteiger charge is 2.26. The van der Waals surface area contributed by atoms with E-state index in [1.807, 2.05) is 0 Å². The minimum atomic E-state index is -4.28. The van der Waals surface area contributed by atoms with Gasteiger partial charge >= 0.3 is 5.97 Å². The van der Waals surface area contributed by atoms with Gasteiger partial charge in [-0.2, -0.15) is 0 Å². The third kappa shape index (κ3) is 3.03. The van der Waals surface area contributed by atoms with Gasteiger partial charge in [0.15, 0.2) is 0 Å². The third-order valence-electron chi connectivity index (χ3n) is 2.76. The number of halogens is 2. The number of aromatic carboxylic acids is 1. The summed E-state index contributed by atoms with van der Waals surface area (Å²) in [5.41, 5.74) is 0.388. The summed E-state index contributed by atoms with van der Waals surface area (Å²) in [5.74, 6) is -1.38. The van der Waals surface area contributed by atoms with Crippen LogP contribution in [0.4, 0.5) is 0 Å². The van der Waals surface area contributed by atoms with E-state index in [1.54, 1.807) is 30.3 Å². The molecule has 2 aromatic rings. The van der Waals surface area contributed by atoms with E-state index in [-0.39, 0.29) is 16.1 Å². The second-order valence-electron chi connectivity index (χ2n) is 4.14. The number of sulfonamides is 1. The molecule has 3 N–H and O–H groups in total. The largest absolute Gasteiger partial charge is 0.478 e. The molecule has 21 heavy (non-hydrogen) atoms. The molecule has 0 amide bonds. The van der Waals surface area contributed by atoms with E-state index in [0.29, 0.717) is 5.56 Å². The average Bonchev–Trinajstić information content (AvgIpc) is 2.37. The molecule has 0 fully saturated rings. The summed E-state index contributed by atoms with van der Waals surface area (Å²) in [5, 5.41) is 13.5. The zero-order chi connectivity index (χ0) is 15.8. The number of nitrogens with two attached hydrogens (primary N) is 1. The molecule has 0 aliphatic rings. The van der Waals surface area contributed by atoms with Crippen LogP contribution >= 0.6 is 23.2 Å². The number of carboxylic acids is 1. The quantitative estimate of drug-likeness (QED) is 0.893. The molecule has 5 nitrogen and oxygen atoms in total. The molecule has 0 spiro atoms. The van der Waals surface area contributed by atoms with E-state index in [1.165, 1.54) is 6.07 Å². The van der Waals surface area contributed by atoms with Crippen LogP contribution in [0.5, 0.6) is 0 Å². The Labute approximate surface area is 131 Å². The Balaban J connectivity index is 2.92. The van der Waals surface area contributed by atoms with Crippen LogP contribution in [0, 0.1) is 0 Å². The second-order valence-corrected chi connectivity index (χ2v) is 6.40. The molecule has 0 aromatic heterocycles. The minimum Gasteiger partial charge on any atom is -0.478 e. The molecule has 0 bridgehead atoms. The monoisotopic (exact) mass is 345 g/mol. The van der Waals surface area contributed by atoms with Crippen molar-refractivity contribution in [3.05, 3.63) is 52.0 Å². The van der Waals surface area contributed by atoms with Crippen LogP contribution in [0.3, 0.4) is 0 Å². The highest BCUT2D eigenvalue weighted by Crippen LogP contribution is 2.39. The highest BCUT2D eigenvalue weighted by atomic mass is 35.5. The summed E-state index contributed by atoms with van der Waals surface area (Å²) in [6.07, 6.45) is 0. The normalized spacial score (nSPS) is 11.4. The first-order chi connectivity index (χ1) is 9.73. The lowest BCUT2D eigenvalue weighted by atomic mass is 10.0. The Hall–Kier alpha value is -1.60. The number of hydrogen-bond donors (Lipinski definition) is 2. The van der Waals surface area contributed by atoms with E-state index in [9.17, 15) is 13.2 Å². The van der Waals surface area contributed by atoms with Gasteiger partial charge in [-0.05, 0) is 11.6 Å². The van der Waals surface area contributed by atoms with Crippen molar-refractivity contribution in [3.8, 4) is 11.1 Å². The first-order valence-corrected chi connectivity index (χ1v) is 7.87. The molecular weight excluding hydrogens is 337 g/mol.